The Hall–Kier alpha value is -1.14. The zero-order valence-electron chi connectivity index (χ0n) is 12.3. The first-order valence-corrected chi connectivity index (χ1v) is 7.03. The van der Waals surface area contributed by atoms with E-state index in [4.69, 9.17) is 0 Å². The molecule has 0 atom stereocenters. The van der Waals surface area contributed by atoms with Crippen LogP contribution in [0.5, 0.6) is 0 Å². The van der Waals surface area contributed by atoms with Crippen LogP contribution in [0.3, 0.4) is 0 Å². The van der Waals surface area contributed by atoms with Gasteiger partial charge in [0.05, 0.1) is 13.1 Å². The molecule has 1 aliphatic rings. The fraction of sp³-hybridized carbons (Fsp3) is 0.846. The number of carbonyl (C=O) groups is 2. The highest BCUT2D eigenvalue weighted by Gasteiger charge is 2.19. The summed E-state index contributed by atoms with van der Waals surface area (Å²) in [6.45, 7) is 9.49. The van der Waals surface area contributed by atoms with Gasteiger partial charge in [0.1, 0.15) is 0 Å². The van der Waals surface area contributed by atoms with Crippen molar-refractivity contribution in [1.82, 2.24) is 20.0 Å². The van der Waals surface area contributed by atoms with E-state index in [-0.39, 0.29) is 18.4 Å². The monoisotopic (exact) mass is 270 g/mol. The lowest BCUT2D eigenvalue weighted by Crippen LogP contribution is -2.49. The zero-order valence-corrected chi connectivity index (χ0v) is 12.3. The summed E-state index contributed by atoms with van der Waals surface area (Å²) in [6.07, 6.45) is 0. The molecule has 0 aromatic carbocycles. The van der Waals surface area contributed by atoms with Crippen molar-refractivity contribution in [2.75, 3.05) is 59.4 Å². The molecular weight excluding hydrogens is 244 g/mol. The Labute approximate surface area is 115 Å². The third kappa shape index (κ3) is 5.16. The first kappa shape index (κ1) is 15.9. The highest BCUT2D eigenvalue weighted by Crippen LogP contribution is 1.97. The van der Waals surface area contributed by atoms with Crippen LogP contribution in [0.2, 0.25) is 0 Å². The van der Waals surface area contributed by atoms with Gasteiger partial charge in [-0.05, 0) is 13.8 Å². The van der Waals surface area contributed by atoms with E-state index >= 15 is 0 Å². The third-order valence-electron chi connectivity index (χ3n) is 3.48. The lowest BCUT2D eigenvalue weighted by atomic mass is 10.3. The molecule has 0 radical (unpaired) electrons. The molecule has 1 rings (SSSR count). The number of nitrogens with zero attached hydrogens (tertiary/aromatic N) is 3. The fourth-order valence-corrected chi connectivity index (χ4v) is 2.15. The molecule has 19 heavy (non-hydrogen) atoms. The molecule has 1 saturated heterocycles. The maximum atomic E-state index is 12.0. The molecule has 0 unspecified atom stereocenters. The van der Waals surface area contributed by atoms with Crippen LogP contribution in [0, 0.1) is 0 Å². The predicted molar refractivity (Wildman–Crippen MR) is 74.9 cm³/mol. The maximum Gasteiger partial charge on any atom is 0.242 e. The Morgan fingerprint density at radius 1 is 1.11 bits per heavy atom. The number of hydrogen-bond acceptors (Lipinski definition) is 4. The van der Waals surface area contributed by atoms with Crippen molar-refractivity contribution in [3.8, 4) is 0 Å². The van der Waals surface area contributed by atoms with Crippen molar-refractivity contribution in [2.24, 2.45) is 0 Å². The Balaban J connectivity index is 2.37. The molecule has 2 amide bonds. The van der Waals surface area contributed by atoms with E-state index in [1.165, 1.54) is 4.90 Å². The van der Waals surface area contributed by atoms with E-state index in [0.29, 0.717) is 19.6 Å². The lowest BCUT2D eigenvalue weighted by molar-refractivity contribution is -0.139. The van der Waals surface area contributed by atoms with Gasteiger partial charge in [-0.3, -0.25) is 14.5 Å². The van der Waals surface area contributed by atoms with Crippen LogP contribution in [-0.2, 0) is 9.59 Å². The largest absolute Gasteiger partial charge is 0.342 e. The van der Waals surface area contributed by atoms with Gasteiger partial charge in [0.15, 0.2) is 0 Å². The van der Waals surface area contributed by atoms with Crippen molar-refractivity contribution >= 4 is 11.8 Å². The zero-order chi connectivity index (χ0) is 14.3. The van der Waals surface area contributed by atoms with E-state index < -0.39 is 0 Å². The summed E-state index contributed by atoms with van der Waals surface area (Å²) in [4.78, 5) is 29.4. The number of nitrogens with one attached hydrogen (secondary N) is 1. The highest BCUT2D eigenvalue weighted by atomic mass is 16.2. The van der Waals surface area contributed by atoms with Gasteiger partial charge in [-0.25, -0.2) is 0 Å². The molecule has 0 aromatic rings. The minimum absolute atomic E-state index is 0.0150. The van der Waals surface area contributed by atoms with Gasteiger partial charge in [0, 0.05) is 46.3 Å². The van der Waals surface area contributed by atoms with Crippen molar-refractivity contribution in [1.29, 1.82) is 0 Å². The van der Waals surface area contributed by atoms with Crippen LogP contribution in [-0.4, -0.2) is 85.9 Å². The van der Waals surface area contributed by atoms with Gasteiger partial charge in [-0.15, -0.1) is 0 Å². The SMILES string of the molecule is CCN(CC)C(=O)CN(C)C(=O)CN1CCNCC1. The normalized spacial score (nSPS) is 16.2. The van der Waals surface area contributed by atoms with Crippen LogP contribution >= 0.6 is 0 Å². The molecule has 0 bridgehead atoms. The second-order valence-corrected chi connectivity index (χ2v) is 4.84. The van der Waals surface area contributed by atoms with E-state index in [1.807, 2.05) is 13.8 Å². The minimum Gasteiger partial charge on any atom is -0.342 e. The van der Waals surface area contributed by atoms with Gasteiger partial charge >= 0.3 is 0 Å². The van der Waals surface area contributed by atoms with E-state index in [9.17, 15) is 9.59 Å². The second-order valence-electron chi connectivity index (χ2n) is 4.84. The average molecular weight is 270 g/mol. The quantitative estimate of drug-likeness (QED) is 0.688. The maximum absolute atomic E-state index is 12.0. The molecule has 1 N–H and O–H groups in total. The first-order valence-electron chi connectivity index (χ1n) is 7.03. The molecule has 6 nitrogen and oxygen atoms in total. The van der Waals surface area contributed by atoms with Crippen LogP contribution in [0.1, 0.15) is 13.8 Å². The Kier molecular flexibility index (Phi) is 6.80. The van der Waals surface area contributed by atoms with Gasteiger partial charge in [0.2, 0.25) is 11.8 Å². The van der Waals surface area contributed by atoms with Crippen molar-refractivity contribution in [2.45, 2.75) is 13.8 Å². The minimum atomic E-state index is 0.0150. The molecule has 0 spiro atoms. The van der Waals surface area contributed by atoms with Gasteiger partial charge in [0.25, 0.3) is 0 Å². The summed E-state index contributed by atoms with van der Waals surface area (Å²) in [5.41, 5.74) is 0. The van der Waals surface area contributed by atoms with E-state index in [1.54, 1.807) is 11.9 Å². The average Bonchev–Trinajstić information content (AvgIpc) is 2.41. The summed E-state index contributed by atoms with van der Waals surface area (Å²) in [7, 11) is 1.70. The van der Waals surface area contributed by atoms with Crippen LogP contribution in [0.25, 0.3) is 0 Å². The molecule has 1 fully saturated rings. The molecule has 0 aromatic heterocycles. The molecule has 1 heterocycles. The molecule has 6 heteroatoms. The molecule has 110 valence electrons. The number of piperazine rings is 1. The van der Waals surface area contributed by atoms with E-state index in [0.717, 1.165) is 26.2 Å². The van der Waals surface area contributed by atoms with Crippen LogP contribution in [0.4, 0.5) is 0 Å². The standard InChI is InChI=1S/C13H26N4O2/c1-4-17(5-2)13(19)10-15(3)12(18)11-16-8-6-14-7-9-16/h14H,4-11H2,1-3H3. The topological polar surface area (TPSA) is 55.9 Å². The van der Waals surface area contributed by atoms with Crippen molar-refractivity contribution in [3.05, 3.63) is 0 Å². The van der Waals surface area contributed by atoms with Crippen LogP contribution in [0.15, 0.2) is 0 Å². The summed E-state index contributed by atoms with van der Waals surface area (Å²) < 4.78 is 0. The molecular formula is C13H26N4O2. The number of amides is 2. The van der Waals surface area contributed by atoms with Crippen molar-refractivity contribution < 1.29 is 9.59 Å². The van der Waals surface area contributed by atoms with Gasteiger partial charge < -0.3 is 15.1 Å². The number of hydrogen-bond donors (Lipinski definition) is 1. The molecule has 0 saturated carbocycles. The number of rotatable bonds is 6. The summed E-state index contributed by atoms with van der Waals surface area (Å²) in [5.74, 6) is 0.0311. The predicted octanol–water partition coefficient (Wildman–Crippen LogP) is -0.782. The van der Waals surface area contributed by atoms with Crippen LogP contribution < -0.4 is 5.32 Å². The summed E-state index contributed by atoms with van der Waals surface area (Å²) in [6, 6.07) is 0. The molecule has 0 aliphatic carbocycles. The van der Waals surface area contributed by atoms with Crippen molar-refractivity contribution in [3.63, 3.8) is 0 Å². The Morgan fingerprint density at radius 2 is 1.68 bits per heavy atom. The smallest absolute Gasteiger partial charge is 0.242 e. The summed E-state index contributed by atoms with van der Waals surface area (Å²) in [5, 5.41) is 3.25. The number of likely N-dealkylation sites (N-methyl/N-ethyl adjacent to an activating group) is 2. The highest BCUT2D eigenvalue weighted by molar-refractivity contribution is 5.85. The van der Waals surface area contributed by atoms with Gasteiger partial charge in [-0.1, -0.05) is 0 Å². The fourth-order valence-electron chi connectivity index (χ4n) is 2.15. The summed E-state index contributed by atoms with van der Waals surface area (Å²) >= 11 is 0. The first-order chi connectivity index (χ1) is 9.08. The number of carbonyl (C=O) groups excluding carboxylic acids is 2. The lowest BCUT2D eigenvalue weighted by Gasteiger charge is -2.29. The second kappa shape index (κ2) is 8.12. The van der Waals surface area contributed by atoms with Gasteiger partial charge in [-0.2, -0.15) is 0 Å². The Morgan fingerprint density at radius 3 is 2.21 bits per heavy atom. The Bertz CT molecular complexity index is 299. The third-order valence-corrected chi connectivity index (χ3v) is 3.48. The molecule has 1 aliphatic heterocycles. The van der Waals surface area contributed by atoms with E-state index in [2.05, 4.69) is 10.2 Å².